The van der Waals surface area contributed by atoms with Crippen molar-refractivity contribution in [1.29, 1.82) is 0 Å². The van der Waals surface area contributed by atoms with Gasteiger partial charge in [-0.05, 0) is 73.6 Å². The number of carbonyl (C=O) groups is 1. The fourth-order valence-corrected chi connectivity index (χ4v) is 4.15. The van der Waals surface area contributed by atoms with E-state index in [0.29, 0.717) is 6.54 Å². The van der Waals surface area contributed by atoms with Crippen LogP contribution in [0.15, 0.2) is 54.6 Å². The minimum Gasteiger partial charge on any atom is -0.345 e. The van der Waals surface area contributed by atoms with Crippen LogP contribution in [-0.2, 0) is 17.6 Å². The Bertz CT molecular complexity index is 980. The molecule has 0 saturated carbocycles. The van der Waals surface area contributed by atoms with Gasteiger partial charge in [-0.25, -0.2) is 4.39 Å². The Labute approximate surface area is 170 Å². The van der Waals surface area contributed by atoms with Gasteiger partial charge in [0.05, 0.1) is 11.6 Å². The van der Waals surface area contributed by atoms with Crippen LogP contribution in [0.3, 0.4) is 0 Å². The summed E-state index contributed by atoms with van der Waals surface area (Å²) in [7, 11) is 1.90. The van der Waals surface area contributed by atoms with Crippen LogP contribution in [-0.4, -0.2) is 34.6 Å². The van der Waals surface area contributed by atoms with Crippen LogP contribution in [0.25, 0.3) is 11.3 Å². The molecule has 1 aromatic heterocycles. The van der Waals surface area contributed by atoms with E-state index < -0.39 is 0 Å². The molecule has 1 amide bonds. The Morgan fingerprint density at radius 1 is 1.21 bits per heavy atom. The third-order valence-electron chi connectivity index (χ3n) is 5.75. The summed E-state index contributed by atoms with van der Waals surface area (Å²) in [6, 6.07) is 16.7. The normalized spacial score (nSPS) is 15.7. The van der Waals surface area contributed by atoms with Crippen molar-refractivity contribution < 1.29 is 9.18 Å². The second kappa shape index (κ2) is 8.60. The molecule has 150 valence electrons. The molecule has 1 aliphatic carbocycles. The van der Waals surface area contributed by atoms with E-state index in [4.69, 9.17) is 0 Å². The van der Waals surface area contributed by atoms with Gasteiger partial charge in [-0.15, -0.1) is 0 Å². The molecule has 0 aliphatic heterocycles. The predicted octanol–water partition coefficient (Wildman–Crippen LogP) is 4.73. The third-order valence-corrected chi connectivity index (χ3v) is 5.75. The summed E-state index contributed by atoms with van der Waals surface area (Å²) < 4.78 is 13.1. The lowest BCUT2D eigenvalue weighted by atomic mass is 9.82. The first-order valence-electron chi connectivity index (χ1n) is 10.2. The smallest absolute Gasteiger partial charge is 0.229 e. The van der Waals surface area contributed by atoms with Crippen molar-refractivity contribution >= 4 is 5.91 Å². The summed E-state index contributed by atoms with van der Waals surface area (Å²) in [5, 5.41) is 7.37. The molecular weight excluding hydrogens is 365 g/mol. The number of aromatic nitrogens is 2. The first kappa shape index (κ1) is 19.4. The highest BCUT2D eigenvalue weighted by Crippen LogP contribution is 2.32. The Kier molecular flexibility index (Phi) is 5.74. The second-order valence-corrected chi connectivity index (χ2v) is 7.79. The number of nitrogens with zero attached hydrogens (tertiary/aromatic N) is 2. The van der Waals surface area contributed by atoms with Crippen LogP contribution in [0.1, 0.15) is 42.0 Å². The topological polar surface area (TPSA) is 49.0 Å². The second-order valence-electron chi connectivity index (χ2n) is 7.79. The zero-order valence-corrected chi connectivity index (χ0v) is 16.7. The molecule has 1 aliphatic rings. The fourth-order valence-electron chi connectivity index (χ4n) is 4.15. The van der Waals surface area contributed by atoms with Gasteiger partial charge in [-0.3, -0.25) is 9.89 Å². The predicted molar refractivity (Wildman–Crippen MR) is 112 cm³/mol. The molecule has 0 fully saturated rings. The molecule has 0 saturated heterocycles. The number of hydrogen-bond acceptors (Lipinski definition) is 2. The summed E-state index contributed by atoms with van der Waals surface area (Å²) in [4.78, 5) is 14.9. The van der Waals surface area contributed by atoms with Gasteiger partial charge in [0.2, 0.25) is 5.91 Å². The molecule has 4 rings (SSSR count). The monoisotopic (exact) mass is 391 g/mol. The van der Waals surface area contributed by atoms with E-state index in [1.54, 1.807) is 12.1 Å². The summed E-state index contributed by atoms with van der Waals surface area (Å²) >= 11 is 0. The Morgan fingerprint density at radius 2 is 2.00 bits per heavy atom. The molecule has 1 N–H and O–H groups in total. The van der Waals surface area contributed by atoms with Crippen LogP contribution < -0.4 is 0 Å². The average Bonchev–Trinajstić information content (AvgIpc) is 3.22. The summed E-state index contributed by atoms with van der Waals surface area (Å²) in [5.41, 5.74) is 5.23. The number of aromatic amines is 1. The molecular formula is C24H26FN3O. The maximum atomic E-state index is 13.1. The number of hydrogen-bond donors (Lipinski definition) is 1. The maximum Gasteiger partial charge on any atom is 0.229 e. The number of aryl methyl sites for hydroxylation is 2. The molecule has 0 bridgehead atoms. The van der Waals surface area contributed by atoms with Crippen molar-refractivity contribution in [2.24, 2.45) is 0 Å². The van der Waals surface area contributed by atoms with Gasteiger partial charge >= 0.3 is 0 Å². The molecule has 4 nitrogen and oxygen atoms in total. The van der Waals surface area contributed by atoms with Crippen molar-refractivity contribution in [2.75, 3.05) is 13.6 Å². The van der Waals surface area contributed by atoms with E-state index in [0.717, 1.165) is 49.1 Å². The summed E-state index contributed by atoms with van der Waals surface area (Å²) in [6.45, 7) is 0.711. The number of amides is 1. The first-order valence-corrected chi connectivity index (χ1v) is 10.2. The lowest BCUT2D eigenvalue weighted by molar-refractivity contribution is -0.131. The quantitative estimate of drug-likeness (QED) is 0.661. The van der Waals surface area contributed by atoms with Gasteiger partial charge < -0.3 is 4.90 Å². The van der Waals surface area contributed by atoms with E-state index in [1.807, 2.05) is 24.1 Å². The van der Waals surface area contributed by atoms with E-state index in [2.05, 4.69) is 28.4 Å². The number of carbonyl (C=O) groups excluding carboxylic acids is 1. The van der Waals surface area contributed by atoms with Crippen LogP contribution >= 0.6 is 0 Å². The first-order chi connectivity index (χ1) is 14.1. The Balaban J connectivity index is 1.32. The lowest BCUT2D eigenvalue weighted by Crippen LogP contribution is -2.34. The average molecular weight is 391 g/mol. The number of nitrogens with one attached hydrogen (secondary N) is 1. The summed E-state index contributed by atoms with van der Waals surface area (Å²) in [5.74, 6) is -0.0475. The summed E-state index contributed by atoms with van der Waals surface area (Å²) in [6.07, 6.45) is 4.75. The largest absolute Gasteiger partial charge is 0.345 e. The number of H-pyrrole nitrogens is 1. The van der Waals surface area contributed by atoms with Gasteiger partial charge in [0.25, 0.3) is 0 Å². The van der Waals surface area contributed by atoms with Crippen LogP contribution in [0.4, 0.5) is 4.39 Å². The standard InChI is InChI=1S/C24H26FN3O/c1-28(24(29)22-10-4-7-17-6-2-3-9-21(17)22)15-5-8-20-16-23(27-26-20)18-11-13-19(25)14-12-18/h2-3,6,9,11-14,16,22H,4-5,7-8,10,15H2,1H3,(H,26,27). The van der Waals surface area contributed by atoms with Crippen molar-refractivity contribution in [3.63, 3.8) is 0 Å². The van der Waals surface area contributed by atoms with E-state index in [1.165, 1.54) is 23.3 Å². The number of fused-ring (bicyclic) bond motifs is 1. The molecule has 1 atom stereocenters. The van der Waals surface area contributed by atoms with Gasteiger partial charge in [0.15, 0.2) is 0 Å². The molecule has 3 aromatic rings. The van der Waals surface area contributed by atoms with E-state index in [9.17, 15) is 9.18 Å². The molecule has 2 aromatic carbocycles. The molecule has 0 spiro atoms. The van der Waals surface area contributed by atoms with E-state index in [-0.39, 0.29) is 17.6 Å². The van der Waals surface area contributed by atoms with E-state index >= 15 is 0 Å². The minimum atomic E-state index is -0.252. The fraction of sp³-hybridized carbons (Fsp3) is 0.333. The van der Waals surface area contributed by atoms with Gasteiger partial charge in [-0.1, -0.05) is 24.3 Å². The highest BCUT2D eigenvalue weighted by Gasteiger charge is 2.28. The van der Waals surface area contributed by atoms with Gasteiger partial charge in [-0.2, -0.15) is 5.10 Å². The SMILES string of the molecule is CN(CCCc1cc(-c2ccc(F)cc2)n[nH]1)C(=O)C1CCCc2ccccc21. The zero-order valence-electron chi connectivity index (χ0n) is 16.7. The number of likely N-dealkylation sites (N-methyl/N-ethyl adjacent to an activating group) is 1. The number of rotatable bonds is 6. The van der Waals surface area contributed by atoms with Gasteiger partial charge in [0, 0.05) is 24.8 Å². The maximum absolute atomic E-state index is 13.1. The zero-order chi connectivity index (χ0) is 20.2. The van der Waals surface area contributed by atoms with Crippen LogP contribution in [0.5, 0.6) is 0 Å². The lowest BCUT2D eigenvalue weighted by Gasteiger charge is -2.28. The van der Waals surface area contributed by atoms with Crippen molar-refractivity contribution in [2.45, 2.75) is 38.0 Å². The van der Waals surface area contributed by atoms with Crippen molar-refractivity contribution in [3.8, 4) is 11.3 Å². The molecule has 29 heavy (non-hydrogen) atoms. The molecule has 1 unspecified atom stereocenters. The molecule has 0 radical (unpaired) electrons. The molecule has 1 heterocycles. The number of benzene rings is 2. The minimum absolute atomic E-state index is 0.0119. The van der Waals surface area contributed by atoms with Crippen LogP contribution in [0, 0.1) is 5.82 Å². The third kappa shape index (κ3) is 4.39. The Hall–Kier alpha value is -2.95. The molecule has 5 heteroatoms. The Morgan fingerprint density at radius 3 is 2.83 bits per heavy atom. The number of halogens is 1. The van der Waals surface area contributed by atoms with Crippen molar-refractivity contribution in [1.82, 2.24) is 15.1 Å². The highest BCUT2D eigenvalue weighted by molar-refractivity contribution is 5.84. The van der Waals surface area contributed by atoms with Crippen LogP contribution in [0.2, 0.25) is 0 Å². The van der Waals surface area contributed by atoms with Gasteiger partial charge in [0.1, 0.15) is 5.82 Å². The van der Waals surface area contributed by atoms with Crippen molar-refractivity contribution in [3.05, 3.63) is 77.2 Å². The highest BCUT2D eigenvalue weighted by atomic mass is 19.1.